The van der Waals surface area contributed by atoms with Gasteiger partial charge in [0.2, 0.25) is 5.78 Å². The lowest BCUT2D eigenvalue weighted by molar-refractivity contribution is -0.247. The Kier molecular flexibility index (Phi) is 11.1. The van der Waals surface area contributed by atoms with Crippen molar-refractivity contribution in [3.8, 4) is 17.2 Å². The third-order valence-corrected chi connectivity index (χ3v) is 8.80. The smallest absolute Gasteiger partial charge is 0.303 e. The van der Waals surface area contributed by atoms with Gasteiger partial charge in [0.1, 0.15) is 29.5 Å². The van der Waals surface area contributed by atoms with Gasteiger partial charge < -0.3 is 50.6 Å². The maximum absolute atomic E-state index is 13.6. The Morgan fingerprint density at radius 1 is 1.09 bits per heavy atom. The van der Waals surface area contributed by atoms with Gasteiger partial charge in [-0.3, -0.25) is 19.2 Å². The number of ketones is 3. The zero-order valence-electron chi connectivity index (χ0n) is 26.4. The molecule has 2 aromatic rings. The number of aliphatic carboxylic acids is 1. The molecular weight excluding hydrogens is 618 g/mol. The molecule has 1 saturated heterocycles. The van der Waals surface area contributed by atoms with Crippen LogP contribution in [0.1, 0.15) is 101 Å². The summed E-state index contributed by atoms with van der Waals surface area (Å²) in [6.07, 6.45) is -1.85. The first-order valence-corrected chi connectivity index (χ1v) is 15.4. The minimum absolute atomic E-state index is 0.0173. The number of carboxylic acid groups (broad SMARTS) is 1. The second kappa shape index (κ2) is 14.5. The van der Waals surface area contributed by atoms with E-state index in [1.807, 2.05) is 0 Å². The van der Waals surface area contributed by atoms with Crippen LogP contribution in [0, 0.1) is 0 Å². The molecule has 1 fully saturated rings. The van der Waals surface area contributed by atoms with Crippen LogP contribution in [0.2, 0.25) is 0 Å². The number of phenolic OH excluding ortho intramolecular Hbond substituents is 2. The van der Waals surface area contributed by atoms with Gasteiger partial charge in [-0.15, -0.1) is 0 Å². The molecule has 2 aromatic carbocycles. The number of benzene rings is 2. The summed E-state index contributed by atoms with van der Waals surface area (Å²) in [7, 11) is 1.32. The topological polar surface area (TPSA) is 243 Å². The first-order valence-electron chi connectivity index (χ1n) is 15.4. The van der Waals surface area contributed by atoms with E-state index in [1.165, 1.54) is 25.3 Å². The maximum Gasteiger partial charge on any atom is 0.303 e. The van der Waals surface area contributed by atoms with Crippen LogP contribution in [0.15, 0.2) is 18.2 Å². The minimum atomic E-state index is -2.24. The predicted octanol–water partition coefficient (Wildman–Crippen LogP) is 1.65. The summed E-state index contributed by atoms with van der Waals surface area (Å²) in [4.78, 5) is 49.6. The van der Waals surface area contributed by atoms with E-state index in [2.05, 4.69) is 6.92 Å². The number of rotatable bonds is 9. The Morgan fingerprint density at radius 3 is 2.36 bits per heavy atom. The molecule has 14 heteroatoms. The number of Topliss-reactive ketones (excluding diaryl/α,β-unsaturated/α-hetero) is 1. The van der Waals surface area contributed by atoms with Crippen molar-refractivity contribution in [2.24, 2.45) is 5.73 Å². The molecule has 8 N–H and O–H groups in total. The highest BCUT2D eigenvalue weighted by atomic mass is 16.7. The molecule has 47 heavy (non-hydrogen) atoms. The summed E-state index contributed by atoms with van der Waals surface area (Å²) in [5.41, 5.74) is 2.37. The van der Waals surface area contributed by atoms with Gasteiger partial charge >= 0.3 is 5.97 Å². The van der Waals surface area contributed by atoms with Crippen molar-refractivity contribution in [3.63, 3.8) is 0 Å². The Balaban J connectivity index is 0.000000555. The molecule has 3 aliphatic rings. The van der Waals surface area contributed by atoms with Crippen molar-refractivity contribution in [3.05, 3.63) is 51.6 Å². The third kappa shape index (κ3) is 6.89. The lowest BCUT2D eigenvalue weighted by Gasteiger charge is -2.42. The highest BCUT2D eigenvalue weighted by Crippen LogP contribution is 2.52. The summed E-state index contributed by atoms with van der Waals surface area (Å²) in [6, 6.07) is 3.64. The van der Waals surface area contributed by atoms with Crippen molar-refractivity contribution >= 4 is 23.3 Å². The summed E-state index contributed by atoms with van der Waals surface area (Å²) < 4.78 is 17.0. The number of hydrogen-bond acceptors (Lipinski definition) is 13. The summed E-state index contributed by atoms with van der Waals surface area (Å²) in [5, 5.41) is 61.8. The molecular formula is C33H41NO13. The Morgan fingerprint density at radius 2 is 1.77 bits per heavy atom. The minimum Gasteiger partial charge on any atom is -0.507 e. The number of aliphatic hydroxyl groups is 3. The lowest BCUT2D eigenvalue weighted by atomic mass is 9.72. The second-order valence-electron chi connectivity index (χ2n) is 12.0. The van der Waals surface area contributed by atoms with Crippen LogP contribution in [0.3, 0.4) is 0 Å². The van der Waals surface area contributed by atoms with E-state index in [0.717, 1.165) is 19.3 Å². The summed E-state index contributed by atoms with van der Waals surface area (Å²) in [6.45, 7) is 2.62. The van der Waals surface area contributed by atoms with Crippen molar-refractivity contribution < 1.29 is 64.0 Å². The Hall–Kier alpha value is -3.92. The number of fused-ring (bicyclic) bond motifs is 3. The number of carboxylic acids is 1. The fraction of sp³-hybridized carbons (Fsp3) is 0.515. The molecule has 0 saturated carbocycles. The maximum atomic E-state index is 13.6. The van der Waals surface area contributed by atoms with Gasteiger partial charge in [0.05, 0.1) is 42.1 Å². The number of methoxy groups -OCH3 is 1. The molecule has 14 nitrogen and oxygen atoms in total. The molecule has 0 unspecified atom stereocenters. The van der Waals surface area contributed by atoms with Crippen molar-refractivity contribution in [1.82, 2.24) is 0 Å². The van der Waals surface area contributed by atoms with E-state index in [4.69, 9.17) is 25.1 Å². The second-order valence-corrected chi connectivity index (χ2v) is 12.0. The van der Waals surface area contributed by atoms with E-state index in [0.29, 0.717) is 6.42 Å². The van der Waals surface area contributed by atoms with E-state index in [1.54, 1.807) is 6.92 Å². The quantitative estimate of drug-likeness (QED) is 0.128. The van der Waals surface area contributed by atoms with E-state index in [-0.39, 0.29) is 34.4 Å². The number of aliphatic hydroxyl groups excluding tert-OH is 2. The zero-order valence-corrected chi connectivity index (χ0v) is 26.4. The molecule has 2 aliphatic carbocycles. The third-order valence-electron chi connectivity index (χ3n) is 8.80. The van der Waals surface area contributed by atoms with Gasteiger partial charge in [-0.25, -0.2) is 0 Å². The number of hydrogen-bond donors (Lipinski definition) is 7. The molecule has 0 spiro atoms. The summed E-state index contributed by atoms with van der Waals surface area (Å²) >= 11 is 0. The monoisotopic (exact) mass is 659 g/mol. The van der Waals surface area contributed by atoms with E-state index in [9.17, 15) is 44.7 Å². The Labute approximate surface area is 270 Å². The average molecular weight is 660 g/mol. The van der Waals surface area contributed by atoms with Gasteiger partial charge in [-0.1, -0.05) is 31.9 Å². The fourth-order valence-corrected chi connectivity index (χ4v) is 6.28. The average Bonchev–Trinajstić information content (AvgIpc) is 3.03. The first kappa shape index (κ1) is 35.9. The summed E-state index contributed by atoms with van der Waals surface area (Å²) in [5.74, 6) is -4.46. The predicted molar refractivity (Wildman–Crippen MR) is 164 cm³/mol. The SMILES string of the molecule is CCCCCC(=O)O.COc1cccc2c1C(=O)c1c(O)c3c(c(O)c1C2=O)C[C@@](O)(C(=O)CO)C[C@@H]3O[C@H]1C[C@H](N)[C@H](O)[C@H](C)O1. The van der Waals surface area contributed by atoms with Crippen LogP contribution in [-0.2, 0) is 25.5 Å². The normalized spacial score (nSPS) is 26.3. The van der Waals surface area contributed by atoms with E-state index >= 15 is 0 Å². The number of phenols is 2. The van der Waals surface area contributed by atoms with Gasteiger partial charge in [-0.2, -0.15) is 0 Å². The van der Waals surface area contributed by atoms with Crippen molar-refractivity contribution in [1.29, 1.82) is 0 Å². The van der Waals surface area contributed by atoms with Crippen LogP contribution in [0.5, 0.6) is 17.2 Å². The fourth-order valence-electron chi connectivity index (χ4n) is 6.28. The Bertz CT molecular complexity index is 1540. The van der Waals surface area contributed by atoms with Gasteiger partial charge in [-0.05, 0) is 19.4 Å². The molecule has 6 atom stereocenters. The molecule has 256 valence electrons. The van der Waals surface area contributed by atoms with Crippen molar-refractivity contribution in [2.75, 3.05) is 13.7 Å². The molecule has 5 rings (SSSR count). The molecule has 0 amide bonds. The number of carbonyl (C=O) groups is 4. The van der Waals surface area contributed by atoms with Crippen molar-refractivity contribution in [2.45, 2.75) is 95.0 Å². The lowest BCUT2D eigenvalue weighted by Crippen LogP contribution is -2.53. The highest BCUT2D eigenvalue weighted by molar-refractivity contribution is 6.31. The standard InChI is InChI=1S/C27H29NO11.C6H12O2/c1-10-22(31)13(28)6-17(38-10)39-15-8-27(36,16(30)9-29)7-12-19(15)26(35)21-20(24(12)33)23(32)11-4-3-5-14(37-2)18(11)25(21)34;1-2-3-4-5-6(7)8/h3-5,10,13,15,17,22,29,31,33,35-36H,6-9,28H2,1-2H3;2-5H2,1H3,(H,7,8)/t10-,13-,15-,17-,22+,27-;/m0./s1. The van der Waals surface area contributed by atoms with Gasteiger partial charge in [0.15, 0.2) is 17.9 Å². The largest absolute Gasteiger partial charge is 0.507 e. The van der Waals surface area contributed by atoms with Gasteiger partial charge in [0, 0.05) is 48.4 Å². The van der Waals surface area contributed by atoms with Crippen LogP contribution >= 0.6 is 0 Å². The van der Waals surface area contributed by atoms with Crippen LogP contribution < -0.4 is 10.5 Å². The first-order chi connectivity index (χ1) is 22.2. The number of ether oxygens (including phenoxy) is 3. The molecule has 0 aromatic heterocycles. The molecule has 0 radical (unpaired) electrons. The molecule has 1 heterocycles. The van der Waals surface area contributed by atoms with Crippen LogP contribution in [0.4, 0.5) is 0 Å². The van der Waals surface area contributed by atoms with Crippen LogP contribution in [-0.4, -0.2) is 97.8 Å². The number of nitrogens with two attached hydrogens (primary N) is 1. The van der Waals surface area contributed by atoms with Gasteiger partial charge in [0.25, 0.3) is 0 Å². The molecule has 0 bridgehead atoms. The molecule has 1 aliphatic heterocycles. The number of carbonyl (C=O) groups excluding carboxylic acids is 3. The highest BCUT2D eigenvalue weighted by Gasteiger charge is 2.50. The van der Waals surface area contributed by atoms with E-state index < -0.39 is 102 Å². The zero-order chi connectivity index (χ0) is 34.8. The number of unbranched alkanes of at least 4 members (excludes halogenated alkanes) is 2. The van der Waals surface area contributed by atoms with Crippen LogP contribution in [0.25, 0.3) is 0 Å². The number of aromatic hydroxyl groups is 2.